The SMILES string of the molecule is C.C.CC(=C1CN(S(=O)(=O)c2ccc(Cl)cc2)c2ccccc2C1=O)N(C)C.COC(C)(OC)N(C)C.Cc1[nH]nc2c1CN(S(=O)(=O)c1ccc(Cl)cc1)c1ccccc1-2.O=C1CCN(S(=O)(=O)c2ccc(Cl)cc2)c2ccccc21. The number of carbonyl (C=O) groups excluding carboxylic acids is 2. The third-order valence-electron chi connectivity index (χ3n) is 13.7. The molecule has 0 radical (unpaired) electrons. The number of fused-ring (bicyclic) bond motifs is 5. The molecule has 82 heavy (non-hydrogen) atoms. The average molecular weight is 1240 g/mol. The number of anilines is 3. The van der Waals surface area contributed by atoms with Crippen molar-refractivity contribution in [1.29, 1.82) is 0 Å². The van der Waals surface area contributed by atoms with Crippen LogP contribution in [0, 0.1) is 6.92 Å². The molecule has 0 saturated heterocycles. The number of carbonyl (C=O) groups is 2. The lowest BCUT2D eigenvalue weighted by Gasteiger charge is -2.33. The maximum absolute atomic E-state index is 13.2. The molecule has 0 saturated carbocycles. The van der Waals surface area contributed by atoms with Crippen LogP contribution in [0.3, 0.4) is 0 Å². The summed E-state index contributed by atoms with van der Waals surface area (Å²) in [6.45, 7) is 5.96. The Hall–Kier alpha value is -6.59. The van der Waals surface area contributed by atoms with Crippen LogP contribution in [-0.4, -0.2) is 118 Å². The highest BCUT2D eigenvalue weighted by Gasteiger charge is 2.37. The van der Waals surface area contributed by atoms with E-state index in [-0.39, 0.29) is 67.2 Å². The second-order valence-corrected chi connectivity index (χ2v) is 25.7. The van der Waals surface area contributed by atoms with Gasteiger partial charge in [0, 0.05) is 102 Å². The Labute approximate surface area is 497 Å². The maximum Gasteiger partial charge on any atom is 0.264 e. The van der Waals surface area contributed by atoms with Crippen molar-refractivity contribution in [2.24, 2.45) is 0 Å². The number of hydrogen-bond donors (Lipinski definition) is 1. The van der Waals surface area contributed by atoms with Gasteiger partial charge in [-0.2, -0.15) is 5.10 Å². The zero-order chi connectivity index (χ0) is 58.5. The van der Waals surface area contributed by atoms with Crippen LogP contribution < -0.4 is 12.9 Å². The number of aromatic nitrogens is 2. The minimum Gasteiger partial charge on any atom is -0.381 e. The number of nitrogens with one attached hydrogen (secondary N) is 1. The topological polar surface area (TPSA) is 200 Å². The highest BCUT2D eigenvalue weighted by atomic mass is 35.5. The van der Waals surface area contributed by atoms with Crippen LogP contribution >= 0.6 is 34.8 Å². The van der Waals surface area contributed by atoms with E-state index < -0.39 is 36.0 Å². The van der Waals surface area contributed by atoms with Crippen LogP contribution in [0.2, 0.25) is 15.1 Å². The van der Waals surface area contributed by atoms with E-state index in [9.17, 15) is 34.8 Å². The van der Waals surface area contributed by atoms with Gasteiger partial charge >= 0.3 is 0 Å². The predicted molar refractivity (Wildman–Crippen MR) is 328 cm³/mol. The van der Waals surface area contributed by atoms with Gasteiger partial charge in [0.1, 0.15) is 0 Å². The fraction of sp³-hybridized carbons (Fsp3) is 0.271. The molecule has 438 valence electrons. The molecular weight excluding hydrogens is 1170 g/mol. The van der Waals surface area contributed by atoms with E-state index in [4.69, 9.17) is 44.3 Å². The lowest BCUT2D eigenvalue weighted by Crippen LogP contribution is -2.44. The number of sulfonamides is 3. The van der Waals surface area contributed by atoms with Crippen LogP contribution in [0.15, 0.2) is 172 Å². The van der Waals surface area contributed by atoms with E-state index in [1.807, 2.05) is 77.0 Å². The molecule has 0 bridgehead atoms. The van der Waals surface area contributed by atoms with Gasteiger partial charge in [0.15, 0.2) is 11.6 Å². The van der Waals surface area contributed by atoms with Crippen LogP contribution in [-0.2, 0) is 46.1 Å². The summed E-state index contributed by atoms with van der Waals surface area (Å²) in [5.74, 6) is -0.762. The summed E-state index contributed by atoms with van der Waals surface area (Å²) in [5.41, 5.74) is 6.87. The monoisotopic (exact) mass is 1240 g/mol. The van der Waals surface area contributed by atoms with Crippen molar-refractivity contribution < 1.29 is 44.3 Å². The summed E-state index contributed by atoms with van der Waals surface area (Å²) in [6, 6.07) is 39.2. The number of ether oxygens (including phenoxy) is 2. The Morgan fingerprint density at radius 3 is 1.37 bits per heavy atom. The molecule has 17 nitrogen and oxygen atoms in total. The number of methoxy groups -OCH3 is 2. The number of halogens is 3. The highest BCUT2D eigenvalue weighted by molar-refractivity contribution is 7.93. The van der Waals surface area contributed by atoms with Gasteiger partial charge < -0.3 is 14.4 Å². The summed E-state index contributed by atoms with van der Waals surface area (Å²) < 4.78 is 92.4. The van der Waals surface area contributed by atoms with Crippen LogP contribution in [0.25, 0.3) is 11.3 Å². The first-order chi connectivity index (χ1) is 37.8. The molecule has 7 aromatic rings. The number of allylic oxidation sites excluding steroid dienone is 1. The van der Waals surface area contributed by atoms with Gasteiger partial charge in [0.05, 0.1) is 50.5 Å². The van der Waals surface area contributed by atoms with Crippen molar-refractivity contribution in [3.8, 4) is 11.3 Å². The third-order valence-corrected chi connectivity index (χ3v) is 19.8. The first kappa shape index (κ1) is 66.2. The highest BCUT2D eigenvalue weighted by Crippen LogP contribution is 2.42. The molecule has 0 spiro atoms. The molecule has 1 aromatic heterocycles. The maximum atomic E-state index is 13.2. The van der Waals surface area contributed by atoms with E-state index in [1.54, 1.807) is 80.9 Å². The van der Waals surface area contributed by atoms with E-state index in [0.717, 1.165) is 28.2 Å². The zero-order valence-electron chi connectivity index (χ0n) is 45.3. The number of benzene rings is 6. The number of para-hydroxylation sites is 3. The Kier molecular flexibility index (Phi) is 22.0. The van der Waals surface area contributed by atoms with E-state index in [2.05, 4.69) is 10.2 Å². The summed E-state index contributed by atoms with van der Waals surface area (Å²) >= 11 is 17.6. The van der Waals surface area contributed by atoms with E-state index in [0.29, 0.717) is 48.8 Å². The van der Waals surface area contributed by atoms with Gasteiger partial charge in [-0.05, 0) is 131 Å². The summed E-state index contributed by atoms with van der Waals surface area (Å²) in [7, 11) is -0.552. The quantitative estimate of drug-likeness (QED) is 0.100. The fourth-order valence-electron chi connectivity index (χ4n) is 8.60. The van der Waals surface area contributed by atoms with Crippen LogP contribution in [0.4, 0.5) is 17.1 Å². The van der Waals surface area contributed by atoms with Crippen molar-refractivity contribution >= 4 is 93.5 Å². The van der Waals surface area contributed by atoms with E-state index >= 15 is 0 Å². The number of aryl methyl sites for hydroxylation is 1. The molecule has 3 aliphatic rings. The molecule has 0 aliphatic carbocycles. The molecule has 1 N–H and O–H groups in total. The minimum atomic E-state index is -3.84. The first-order valence-corrected chi connectivity index (χ1v) is 30.1. The van der Waals surface area contributed by atoms with Gasteiger partial charge in [-0.25, -0.2) is 25.3 Å². The molecule has 6 aromatic carbocycles. The second-order valence-electron chi connectivity index (χ2n) is 18.9. The Balaban J connectivity index is 0.000000208. The second kappa shape index (κ2) is 27.2. The van der Waals surface area contributed by atoms with Crippen molar-refractivity contribution in [3.63, 3.8) is 0 Å². The van der Waals surface area contributed by atoms with Crippen molar-refractivity contribution in [1.82, 2.24) is 20.0 Å². The van der Waals surface area contributed by atoms with Crippen molar-refractivity contribution in [3.05, 3.63) is 194 Å². The molecular formula is C59H68Cl3N7O10S3. The van der Waals surface area contributed by atoms with Gasteiger partial charge in [0.2, 0.25) is 5.91 Å². The molecule has 3 aliphatic heterocycles. The number of aromatic amines is 1. The predicted octanol–water partition coefficient (Wildman–Crippen LogP) is 12.2. The normalized spacial score (nSPS) is 14.3. The number of H-pyrrole nitrogens is 1. The zero-order valence-corrected chi connectivity index (χ0v) is 50.0. The van der Waals surface area contributed by atoms with Gasteiger partial charge in [-0.15, -0.1) is 0 Å². The van der Waals surface area contributed by atoms with Gasteiger partial charge in [-0.3, -0.25) is 32.5 Å². The third kappa shape index (κ3) is 13.9. The molecule has 0 amide bonds. The summed E-state index contributed by atoms with van der Waals surface area (Å²) in [4.78, 5) is 29.0. The molecule has 10 rings (SSSR count). The number of Topliss-reactive ketones (excluding diaryl/α,β-unsaturated/α-hetero) is 2. The number of hydrogen-bond acceptors (Lipinski definition) is 13. The Morgan fingerprint density at radius 1 is 0.573 bits per heavy atom. The van der Waals surface area contributed by atoms with Crippen molar-refractivity contribution in [2.75, 3.05) is 68.4 Å². The van der Waals surface area contributed by atoms with Gasteiger partial charge in [-0.1, -0.05) is 92.1 Å². The fourth-order valence-corrected chi connectivity index (χ4v) is 13.4. The van der Waals surface area contributed by atoms with Crippen molar-refractivity contribution in [2.45, 2.75) is 69.2 Å². The lowest BCUT2D eigenvalue weighted by atomic mass is 9.96. The summed E-state index contributed by atoms with van der Waals surface area (Å²) in [6.07, 6.45) is 0.184. The standard InChI is InChI=1S/C19H19ClN2O3S.C17H14ClN3O2S.C15H12ClNO3S.C6H15NO2.2CH4/c1-13(21(2)3)17-12-22(18-7-5-4-6-16(18)19(17)23)26(24,25)15-10-8-14(20)9-11-15;1-11-15-10-21(24(22,23)13-8-6-12(18)7-9-13)16-5-3-2-4-14(16)17(15)20-19-11;16-11-5-7-12(8-6-11)21(19,20)17-10-9-15(18)13-3-1-2-4-14(13)17;1-6(8-4,9-5)7(2)3;;/h4-11H,12H2,1-3H3;2-9H,10H2,1H3,(H,19,20);1-8H,9-10H2;1-5H3;2*1H4. The number of ketones is 2. The van der Waals surface area contributed by atoms with Crippen LogP contribution in [0.1, 0.15) is 67.1 Å². The van der Waals surface area contributed by atoms with Crippen LogP contribution in [0.5, 0.6) is 0 Å². The van der Waals surface area contributed by atoms with Gasteiger partial charge in [0.25, 0.3) is 30.1 Å². The number of rotatable bonds is 10. The number of nitrogens with zero attached hydrogens (tertiary/aromatic N) is 6. The average Bonchev–Trinajstić information content (AvgIpc) is 4.03. The molecule has 4 heterocycles. The lowest BCUT2D eigenvalue weighted by molar-refractivity contribution is -0.270. The Morgan fingerprint density at radius 2 is 0.951 bits per heavy atom. The summed E-state index contributed by atoms with van der Waals surface area (Å²) in [5, 5.41) is 8.72. The van der Waals surface area contributed by atoms with E-state index in [1.165, 1.54) is 73.6 Å². The molecule has 0 unspecified atom stereocenters. The molecule has 0 fully saturated rings. The first-order valence-electron chi connectivity index (χ1n) is 24.7. The molecule has 0 atom stereocenters. The smallest absolute Gasteiger partial charge is 0.264 e. The Bertz CT molecular complexity index is 3780. The minimum absolute atomic E-state index is 0. The molecule has 23 heteroatoms. The largest absolute Gasteiger partial charge is 0.381 e.